The quantitative estimate of drug-likeness (QED) is 0.282. The molecule has 0 N–H and O–H groups in total. The van der Waals surface area contributed by atoms with Crippen LogP contribution in [-0.2, 0) is 9.57 Å². The molecule has 3 aromatic carbocycles. The zero-order chi connectivity index (χ0) is 28.8. The van der Waals surface area contributed by atoms with Gasteiger partial charge in [0.1, 0.15) is 6.61 Å². The molecule has 2 aliphatic heterocycles. The number of piperidine rings is 1. The van der Waals surface area contributed by atoms with E-state index in [0.717, 1.165) is 5.01 Å². The summed E-state index contributed by atoms with van der Waals surface area (Å²) >= 11 is 1.32. The Bertz CT molecular complexity index is 1660. The number of benzene rings is 3. The summed E-state index contributed by atoms with van der Waals surface area (Å²) in [5.74, 6) is -2.16. The van der Waals surface area contributed by atoms with E-state index in [0.29, 0.717) is 31.0 Å². The Morgan fingerprint density at radius 2 is 1.36 bits per heavy atom. The van der Waals surface area contributed by atoms with E-state index in [1.54, 1.807) is 22.4 Å². The van der Waals surface area contributed by atoms with Crippen molar-refractivity contribution in [2.45, 2.75) is 24.7 Å². The first-order chi connectivity index (χ1) is 20.5. The second-order valence-electron chi connectivity index (χ2n) is 10.5. The third-order valence-corrected chi connectivity index (χ3v) is 9.11. The smallest absolute Gasteiger partial charge is 0.409 e. The number of aromatic nitrogens is 1. The molecule has 3 heterocycles. The fraction of sp³-hybridized carbons (Fsp3) is 0.219. The van der Waals surface area contributed by atoms with Crippen LogP contribution in [0.3, 0.4) is 0 Å². The van der Waals surface area contributed by atoms with Crippen molar-refractivity contribution in [2.75, 3.05) is 19.7 Å². The fourth-order valence-electron chi connectivity index (χ4n) is 5.94. The maximum Gasteiger partial charge on any atom is 0.409 e. The molecule has 10 heteroatoms. The molecule has 1 aromatic heterocycles. The van der Waals surface area contributed by atoms with Crippen molar-refractivity contribution < 1.29 is 28.8 Å². The zero-order valence-electron chi connectivity index (χ0n) is 22.4. The van der Waals surface area contributed by atoms with Gasteiger partial charge in [-0.2, -0.15) is 0 Å². The second kappa shape index (κ2) is 10.5. The molecule has 1 saturated heterocycles. The summed E-state index contributed by atoms with van der Waals surface area (Å²) < 4.78 is 5.81. The summed E-state index contributed by atoms with van der Waals surface area (Å²) in [6, 6.07) is 22.8. The molecule has 0 spiro atoms. The number of rotatable bonds is 5. The highest BCUT2D eigenvalue weighted by molar-refractivity contribution is 7.09. The molecule has 210 valence electrons. The molecule has 3 aliphatic rings. The van der Waals surface area contributed by atoms with Gasteiger partial charge in [-0.1, -0.05) is 65.7 Å². The summed E-state index contributed by atoms with van der Waals surface area (Å²) in [5.41, 5.74) is 5.13. The molecular formula is C32H25N3O6S. The Morgan fingerprint density at radius 3 is 1.95 bits per heavy atom. The standard InChI is InChI=1S/C32H25N3O6S/c36-29-24-11-5-6-12-25(24)30(37)35(29)41-31(38)27-18-42-28(33-27)19-13-15-34(16-14-19)32(39)40-17-26-22-9-3-1-7-20(22)21-8-2-4-10-23(21)26/h1-12,18-19,26H,13-17H2. The number of imide groups is 1. The van der Waals surface area contributed by atoms with E-state index >= 15 is 0 Å². The second-order valence-corrected chi connectivity index (χ2v) is 11.4. The molecule has 1 aliphatic carbocycles. The maximum absolute atomic E-state index is 13.0. The third-order valence-electron chi connectivity index (χ3n) is 8.10. The van der Waals surface area contributed by atoms with Gasteiger partial charge in [-0.25, -0.2) is 14.6 Å². The highest BCUT2D eigenvalue weighted by Gasteiger charge is 2.39. The van der Waals surface area contributed by atoms with Crippen LogP contribution in [0.25, 0.3) is 11.1 Å². The summed E-state index contributed by atoms with van der Waals surface area (Å²) in [5, 5.41) is 2.80. The van der Waals surface area contributed by atoms with Crippen molar-refractivity contribution in [2.24, 2.45) is 0 Å². The number of nitrogens with zero attached hydrogens (tertiary/aromatic N) is 3. The van der Waals surface area contributed by atoms with Gasteiger partial charge in [0.15, 0.2) is 5.69 Å². The van der Waals surface area contributed by atoms with Crippen molar-refractivity contribution in [3.8, 4) is 11.1 Å². The van der Waals surface area contributed by atoms with E-state index in [4.69, 9.17) is 9.57 Å². The van der Waals surface area contributed by atoms with Gasteiger partial charge in [-0.05, 0) is 47.2 Å². The predicted octanol–water partition coefficient (Wildman–Crippen LogP) is 5.64. The van der Waals surface area contributed by atoms with Crippen LogP contribution in [0.1, 0.15) is 72.0 Å². The topological polar surface area (TPSA) is 106 Å². The number of likely N-dealkylation sites (tertiary alicyclic amines) is 1. The summed E-state index contributed by atoms with van der Waals surface area (Å²) in [6.45, 7) is 1.29. The van der Waals surface area contributed by atoms with Crippen molar-refractivity contribution in [3.05, 3.63) is 111 Å². The molecule has 0 radical (unpaired) electrons. The lowest BCUT2D eigenvalue weighted by Crippen LogP contribution is -2.38. The Balaban J connectivity index is 0.937. The van der Waals surface area contributed by atoms with E-state index < -0.39 is 17.8 Å². The van der Waals surface area contributed by atoms with E-state index in [9.17, 15) is 19.2 Å². The van der Waals surface area contributed by atoms with Crippen LogP contribution in [0, 0.1) is 0 Å². The molecule has 0 bridgehead atoms. The molecule has 3 amide bonds. The van der Waals surface area contributed by atoms with Crippen LogP contribution in [0.15, 0.2) is 78.2 Å². The van der Waals surface area contributed by atoms with Crippen LogP contribution in [0.4, 0.5) is 4.79 Å². The molecule has 0 saturated carbocycles. The van der Waals surface area contributed by atoms with Crippen LogP contribution >= 0.6 is 11.3 Å². The van der Waals surface area contributed by atoms with E-state index in [1.165, 1.54) is 45.7 Å². The normalized spacial score (nSPS) is 16.3. The number of carbonyl (C=O) groups is 4. The van der Waals surface area contributed by atoms with Gasteiger partial charge in [0.2, 0.25) is 0 Å². The number of hydroxylamine groups is 2. The van der Waals surface area contributed by atoms with Crippen LogP contribution < -0.4 is 0 Å². The molecule has 1 fully saturated rings. The Labute approximate surface area is 245 Å². The monoisotopic (exact) mass is 579 g/mol. The van der Waals surface area contributed by atoms with Gasteiger partial charge in [0.05, 0.1) is 16.1 Å². The number of fused-ring (bicyclic) bond motifs is 4. The van der Waals surface area contributed by atoms with Crippen molar-refractivity contribution >= 4 is 35.2 Å². The maximum atomic E-state index is 13.0. The number of thiazole rings is 1. The SMILES string of the molecule is O=C(ON1C(=O)c2ccccc2C1=O)c1csc(C2CCN(C(=O)OCC3c4ccccc4-c4ccccc43)CC2)n1. The lowest BCUT2D eigenvalue weighted by molar-refractivity contribution is -0.0588. The van der Waals surface area contributed by atoms with E-state index in [2.05, 4.69) is 29.2 Å². The number of hydrogen-bond acceptors (Lipinski definition) is 8. The number of hydrogen-bond donors (Lipinski definition) is 0. The molecule has 42 heavy (non-hydrogen) atoms. The van der Waals surface area contributed by atoms with Gasteiger partial charge in [0, 0.05) is 30.3 Å². The Morgan fingerprint density at radius 1 is 0.810 bits per heavy atom. The molecule has 0 atom stereocenters. The minimum atomic E-state index is -0.872. The molecular weight excluding hydrogens is 554 g/mol. The number of amides is 3. The van der Waals surface area contributed by atoms with E-state index in [1.807, 2.05) is 24.3 Å². The van der Waals surface area contributed by atoms with Gasteiger partial charge < -0.3 is 14.5 Å². The van der Waals surface area contributed by atoms with Gasteiger partial charge >= 0.3 is 12.1 Å². The minimum Gasteiger partial charge on any atom is -0.448 e. The fourth-order valence-corrected chi connectivity index (χ4v) is 6.90. The first-order valence-electron chi connectivity index (χ1n) is 13.7. The summed E-state index contributed by atoms with van der Waals surface area (Å²) in [6.07, 6.45) is 1.01. The van der Waals surface area contributed by atoms with Crippen molar-refractivity contribution in [3.63, 3.8) is 0 Å². The molecule has 7 rings (SSSR count). The highest BCUT2D eigenvalue weighted by Crippen LogP contribution is 2.44. The largest absolute Gasteiger partial charge is 0.448 e. The van der Waals surface area contributed by atoms with Crippen molar-refractivity contribution in [1.29, 1.82) is 0 Å². The first-order valence-corrected chi connectivity index (χ1v) is 14.6. The Kier molecular flexibility index (Phi) is 6.54. The van der Waals surface area contributed by atoms with Crippen LogP contribution in [0.2, 0.25) is 0 Å². The molecule has 9 nitrogen and oxygen atoms in total. The van der Waals surface area contributed by atoms with Crippen molar-refractivity contribution in [1.82, 2.24) is 14.9 Å². The average molecular weight is 580 g/mol. The lowest BCUT2D eigenvalue weighted by Gasteiger charge is -2.30. The van der Waals surface area contributed by atoms with Crippen LogP contribution in [-0.4, -0.2) is 58.5 Å². The predicted molar refractivity (Wildman–Crippen MR) is 153 cm³/mol. The lowest BCUT2D eigenvalue weighted by atomic mass is 9.97. The molecule has 0 unspecified atom stereocenters. The Hall–Kier alpha value is -4.83. The number of ether oxygens (including phenoxy) is 1. The number of carbonyl (C=O) groups excluding carboxylic acids is 4. The van der Waals surface area contributed by atoms with Gasteiger partial charge in [0.25, 0.3) is 11.8 Å². The van der Waals surface area contributed by atoms with Gasteiger partial charge in [-0.15, -0.1) is 11.3 Å². The average Bonchev–Trinajstić information content (AvgIpc) is 3.71. The van der Waals surface area contributed by atoms with Gasteiger partial charge in [-0.3, -0.25) is 9.59 Å². The zero-order valence-corrected chi connectivity index (χ0v) is 23.2. The highest BCUT2D eigenvalue weighted by atomic mass is 32.1. The molecule has 4 aromatic rings. The first kappa shape index (κ1) is 26.1. The minimum absolute atomic E-state index is 0.00713. The third kappa shape index (κ3) is 4.44. The summed E-state index contributed by atoms with van der Waals surface area (Å²) in [7, 11) is 0. The van der Waals surface area contributed by atoms with Crippen LogP contribution in [0.5, 0.6) is 0 Å². The van der Waals surface area contributed by atoms with E-state index in [-0.39, 0.29) is 41.4 Å². The summed E-state index contributed by atoms with van der Waals surface area (Å²) in [4.78, 5) is 62.0.